The first kappa shape index (κ1) is 29.8. The molecule has 0 saturated carbocycles. The van der Waals surface area contributed by atoms with Crippen molar-refractivity contribution in [2.45, 2.75) is 0 Å². The van der Waals surface area contributed by atoms with Crippen LogP contribution in [0.15, 0.2) is 182 Å². The van der Waals surface area contributed by atoms with E-state index in [9.17, 15) is 0 Å². The highest BCUT2D eigenvalue weighted by Gasteiger charge is 2.14. The monoisotopic (exact) mass is 662 g/mol. The maximum Gasteiger partial charge on any atom is 0.179 e. The molecule has 0 aliphatic carbocycles. The summed E-state index contributed by atoms with van der Waals surface area (Å²) in [5, 5.41) is 7.08. The van der Waals surface area contributed by atoms with Gasteiger partial charge in [-0.05, 0) is 75.1 Å². The second-order valence-electron chi connectivity index (χ2n) is 13.1. The number of benzene rings is 7. The average molecular weight is 663 g/mol. The lowest BCUT2D eigenvalue weighted by molar-refractivity contribution is 1.16. The summed E-state index contributed by atoms with van der Waals surface area (Å²) in [5.41, 5.74) is 10.7. The van der Waals surface area contributed by atoms with Gasteiger partial charge in [-0.25, -0.2) is 19.9 Å². The Balaban J connectivity index is 1.03. The third-order valence-electron chi connectivity index (χ3n) is 9.85. The molecule has 0 saturated heterocycles. The predicted octanol–water partition coefficient (Wildman–Crippen LogP) is 12.2. The van der Waals surface area contributed by atoms with Crippen LogP contribution in [0, 0.1) is 0 Å². The largest absolute Gasteiger partial charge is 0.248 e. The topological polar surface area (TPSA) is 51.6 Å². The lowest BCUT2D eigenvalue weighted by Gasteiger charge is -2.12. The Morgan fingerprint density at radius 1 is 0.269 bits per heavy atom. The van der Waals surface area contributed by atoms with Crippen molar-refractivity contribution in [3.63, 3.8) is 0 Å². The SMILES string of the molecule is c1ccc(-c2cc(-c3ccccc3)nc(-c3ccc4ccc(-c5ccc6nc(-c7cc8ccccc8c8ccccc78)ccc6c5)cc4n3)n2)cc1. The molecule has 7 aromatic carbocycles. The van der Waals surface area contributed by atoms with Gasteiger partial charge in [0.25, 0.3) is 0 Å². The Morgan fingerprint density at radius 3 is 1.62 bits per heavy atom. The molecule has 242 valence electrons. The molecular weight excluding hydrogens is 633 g/mol. The summed E-state index contributed by atoms with van der Waals surface area (Å²) in [6.45, 7) is 0. The van der Waals surface area contributed by atoms with E-state index < -0.39 is 0 Å². The molecule has 10 rings (SSSR count). The van der Waals surface area contributed by atoms with E-state index in [0.29, 0.717) is 5.82 Å². The Bertz CT molecular complexity index is 2900. The van der Waals surface area contributed by atoms with Gasteiger partial charge in [0, 0.05) is 27.5 Å². The van der Waals surface area contributed by atoms with Crippen molar-refractivity contribution in [2.75, 3.05) is 0 Å². The molecule has 0 unspecified atom stereocenters. The minimum atomic E-state index is 0.597. The molecule has 0 fully saturated rings. The molecule has 0 aliphatic heterocycles. The Labute approximate surface area is 300 Å². The van der Waals surface area contributed by atoms with E-state index in [1.165, 1.54) is 21.5 Å². The van der Waals surface area contributed by atoms with E-state index in [0.717, 1.165) is 72.4 Å². The normalized spacial score (nSPS) is 11.5. The van der Waals surface area contributed by atoms with Gasteiger partial charge in [-0.15, -0.1) is 0 Å². The van der Waals surface area contributed by atoms with Crippen molar-refractivity contribution >= 4 is 43.4 Å². The van der Waals surface area contributed by atoms with Crippen molar-refractivity contribution in [1.29, 1.82) is 0 Å². The van der Waals surface area contributed by atoms with Gasteiger partial charge in [-0.2, -0.15) is 0 Å². The molecule has 0 atom stereocenters. The summed E-state index contributed by atoms with van der Waals surface area (Å²) in [7, 11) is 0. The van der Waals surface area contributed by atoms with Gasteiger partial charge in [-0.1, -0.05) is 140 Å². The highest BCUT2D eigenvalue weighted by atomic mass is 14.9. The standard InChI is InChI=1S/C48H30N4/c1-3-11-31(12-4-1)46-30-47(32-13-5-2-6-14-32)52-48(51-46)44-26-21-33-19-20-35(29-45(33)50-44)34-22-24-42-37(27-34)23-25-43(49-42)41-28-36-15-7-8-16-38(36)39-17-9-10-18-40(39)41/h1-30H. The van der Waals surface area contributed by atoms with Crippen molar-refractivity contribution in [3.8, 4) is 56.4 Å². The fourth-order valence-electron chi connectivity index (χ4n) is 7.22. The average Bonchev–Trinajstić information content (AvgIpc) is 3.23. The molecule has 0 radical (unpaired) electrons. The smallest absolute Gasteiger partial charge is 0.179 e. The number of hydrogen-bond donors (Lipinski definition) is 0. The van der Waals surface area contributed by atoms with E-state index in [-0.39, 0.29) is 0 Å². The fraction of sp³-hybridized carbons (Fsp3) is 0. The maximum atomic E-state index is 5.16. The van der Waals surface area contributed by atoms with Crippen LogP contribution in [-0.4, -0.2) is 19.9 Å². The van der Waals surface area contributed by atoms with Gasteiger partial charge in [0.1, 0.15) is 5.69 Å². The molecule has 0 aliphatic rings. The first-order valence-corrected chi connectivity index (χ1v) is 17.5. The summed E-state index contributed by atoms with van der Waals surface area (Å²) in [6, 6.07) is 63.3. The number of pyridine rings is 2. The van der Waals surface area contributed by atoms with Crippen LogP contribution in [0.25, 0.3) is 99.8 Å². The lowest BCUT2D eigenvalue weighted by atomic mass is 9.95. The summed E-state index contributed by atoms with van der Waals surface area (Å²) in [4.78, 5) is 20.3. The zero-order chi connectivity index (χ0) is 34.4. The molecule has 3 aromatic heterocycles. The van der Waals surface area contributed by atoms with E-state index >= 15 is 0 Å². The highest BCUT2D eigenvalue weighted by molar-refractivity contribution is 6.13. The van der Waals surface area contributed by atoms with Crippen LogP contribution >= 0.6 is 0 Å². The van der Waals surface area contributed by atoms with Gasteiger partial charge in [0.15, 0.2) is 5.82 Å². The second-order valence-corrected chi connectivity index (χ2v) is 13.1. The fourth-order valence-corrected chi connectivity index (χ4v) is 7.22. The zero-order valence-electron chi connectivity index (χ0n) is 28.1. The summed E-state index contributed by atoms with van der Waals surface area (Å²) < 4.78 is 0. The highest BCUT2D eigenvalue weighted by Crippen LogP contribution is 2.36. The van der Waals surface area contributed by atoms with Gasteiger partial charge >= 0.3 is 0 Å². The summed E-state index contributed by atoms with van der Waals surface area (Å²) >= 11 is 0. The van der Waals surface area contributed by atoms with Crippen LogP contribution in [0.3, 0.4) is 0 Å². The minimum Gasteiger partial charge on any atom is -0.248 e. The van der Waals surface area contributed by atoms with Crippen LogP contribution in [0.5, 0.6) is 0 Å². The summed E-state index contributed by atoms with van der Waals surface area (Å²) in [5.74, 6) is 0.597. The number of hydrogen-bond acceptors (Lipinski definition) is 4. The Kier molecular flexibility index (Phi) is 7.10. The Hall–Kier alpha value is -7.04. The van der Waals surface area contributed by atoms with E-state index in [1.807, 2.05) is 42.5 Å². The molecule has 3 heterocycles. The molecule has 0 bridgehead atoms. The first-order chi connectivity index (χ1) is 25.7. The molecule has 4 nitrogen and oxygen atoms in total. The number of aromatic nitrogens is 4. The van der Waals surface area contributed by atoms with Crippen LogP contribution in [0.4, 0.5) is 0 Å². The molecule has 52 heavy (non-hydrogen) atoms. The number of nitrogens with zero attached hydrogens (tertiary/aromatic N) is 4. The second kappa shape index (κ2) is 12.4. The van der Waals surface area contributed by atoms with E-state index in [4.69, 9.17) is 19.9 Å². The molecule has 0 spiro atoms. The molecule has 0 N–H and O–H groups in total. The molecule has 4 heteroatoms. The molecule has 10 aromatic rings. The predicted molar refractivity (Wildman–Crippen MR) is 215 cm³/mol. The van der Waals surface area contributed by atoms with Crippen LogP contribution in [0.1, 0.15) is 0 Å². The quantitative estimate of drug-likeness (QED) is 0.172. The van der Waals surface area contributed by atoms with Gasteiger partial charge in [0.2, 0.25) is 0 Å². The maximum absolute atomic E-state index is 5.16. The van der Waals surface area contributed by atoms with Crippen LogP contribution < -0.4 is 0 Å². The molecule has 0 amide bonds. The van der Waals surface area contributed by atoms with E-state index in [2.05, 4.69) is 140 Å². The first-order valence-electron chi connectivity index (χ1n) is 17.5. The number of rotatable bonds is 5. The lowest BCUT2D eigenvalue weighted by Crippen LogP contribution is -1.97. The van der Waals surface area contributed by atoms with Crippen molar-refractivity contribution in [2.24, 2.45) is 0 Å². The van der Waals surface area contributed by atoms with Crippen LogP contribution in [0.2, 0.25) is 0 Å². The summed E-state index contributed by atoms with van der Waals surface area (Å²) in [6.07, 6.45) is 0. The van der Waals surface area contributed by atoms with Crippen LogP contribution in [-0.2, 0) is 0 Å². The molecular formula is C48H30N4. The third-order valence-corrected chi connectivity index (χ3v) is 9.85. The van der Waals surface area contributed by atoms with Gasteiger partial charge in [-0.3, -0.25) is 0 Å². The zero-order valence-corrected chi connectivity index (χ0v) is 28.1. The third kappa shape index (κ3) is 5.34. The van der Waals surface area contributed by atoms with Crippen molar-refractivity contribution in [3.05, 3.63) is 182 Å². The van der Waals surface area contributed by atoms with Crippen molar-refractivity contribution in [1.82, 2.24) is 19.9 Å². The Morgan fingerprint density at radius 2 is 0.846 bits per heavy atom. The van der Waals surface area contributed by atoms with Gasteiger partial charge < -0.3 is 0 Å². The minimum absolute atomic E-state index is 0.597. The van der Waals surface area contributed by atoms with E-state index in [1.54, 1.807) is 0 Å². The number of fused-ring (bicyclic) bond motifs is 5. The van der Waals surface area contributed by atoms with Gasteiger partial charge in [0.05, 0.1) is 28.1 Å². The van der Waals surface area contributed by atoms with Crippen molar-refractivity contribution < 1.29 is 0 Å².